The molecule has 0 aromatic heterocycles. The van der Waals surface area contributed by atoms with E-state index in [-0.39, 0.29) is 18.0 Å². The van der Waals surface area contributed by atoms with Gasteiger partial charge in [0.05, 0.1) is 0 Å². The number of carbonyl (C=O) groups is 1. The molecule has 26 heavy (non-hydrogen) atoms. The minimum Gasteiger partial charge on any atom is -0.489 e. The fourth-order valence-corrected chi connectivity index (χ4v) is 4.33. The van der Waals surface area contributed by atoms with Crippen molar-refractivity contribution in [2.24, 2.45) is 5.92 Å². The summed E-state index contributed by atoms with van der Waals surface area (Å²) in [5, 5.41) is 0. The maximum atomic E-state index is 12.0. The second kappa shape index (κ2) is 6.58. The van der Waals surface area contributed by atoms with Gasteiger partial charge in [-0.1, -0.05) is 34.6 Å². The van der Waals surface area contributed by atoms with Gasteiger partial charge in [0.2, 0.25) is 0 Å². The van der Waals surface area contributed by atoms with Crippen molar-refractivity contribution in [3.8, 4) is 5.75 Å². The highest BCUT2D eigenvalue weighted by molar-refractivity contribution is 9.10. The van der Waals surface area contributed by atoms with Crippen molar-refractivity contribution in [3.05, 3.63) is 74.8 Å². The van der Waals surface area contributed by atoms with Crippen LogP contribution in [-0.2, 0) is 22.6 Å². The molecule has 4 rings (SSSR count). The summed E-state index contributed by atoms with van der Waals surface area (Å²) >= 11 is 3.45. The Hall–Kier alpha value is -2.07. The predicted octanol–water partition coefficient (Wildman–Crippen LogP) is 5.36. The second-order valence-corrected chi connectivity index (χ2v) is 8.04. The van der Waals surface area contributed by atoms with Crippen molar-refractivity contribution in [2.45, 2.75) is 39.4 Å². The van der Waals surface area contributed by atoms with Gasteiger partial charge < -0.3 is 9.47 Å². The molecule has 4 heteroatoms. The molecule has 0 amide bonds. The lowest BCUT2D eigenvalue weighted by Crippen LogP contribution is -2.20. The van der Waals surface area contributed by atoms with E-state index in [4.69, 9.17) is 9.47 Å². The summed E-state index contributed by atoms with van der Waals surface area (Å²) in [7, 11) is 0. The van der Waals surface area contributed by atoms with E-state index in [1.54, 1.807) is 0 Å². The average Bonchev–Trinajstić information content (AvgIpc) is 2.92. The monoisotopic (exact) mass is 412 g/mol. The molecule has 0 radical (unpaired) electrons. The number of esters is 1. The van der Waals surface area contributed by atoms with Gasteiger partial charge in [-0.05, 0) is 67.1 Å². The molecule has 0 bridgehead atoms. The molecule has 0 N–H and O–H groups in total. The molecule has 3 nitrogen and oxygen atoms in total. The SMILES string of the molecule is C=C1C(=O)O[C@H]2c3c(C)c(OCc4ccc(Br)cc4)cc(C)c3CC[C@@H]12. The molecule has 2 aliphatic rings. The maximum absolute atomic E-state index is 12.0. The molecule has 1 fully saturated rings. The van der Waals surface area contributed by atoms with E-state index in [0.29, 0.717) is 12.2 Å². The lowest BCUT2D eigenvalue weighted by atomic mass is 9.76. The molecule has 0 saturated carbocycles. The van der Waals surface area contributed by atoms with Crippen molar-refractivity contribution < 1.29 is 14.3 Å². The number of ether oxygens (including phenoxy) is 2. The Morgan fingerprint density at radius 2 is 2.00 bits per heavy atom. The van der Waals surface area contributed by atoms with E-state index in [1.165, 1.54) is 11.1 Å². The number of halogens is 1. The highest BCUT2D eigenvalue weighted by atomic mass is 79.9. The summed E-state index contributed by atoms with van der Waals surface area (Å²) in [4.78, 5) is 12.0. The first-order valence-corrected chi connectivity index (χ1v) is 9.65. The molecule has 1 heterocycles. The van der Waals surface area contributed by atoms with Gasteiger partial charge in [0.1, 0.15) is 18.5 Å². The van der Waals surface area contributed by atoms with Crippen LogP contribution in [0.2, 0.25) is 0 Å². The zero-order valence-corrected chi connectivity index (χ0v) is 16.6. The minimum absolute atomic E-state index is 0.0924. The largest absolute Gasteiger partial charge is 0.489 e. The molecule has 1 aliphatic carbocycles. The van der Waals surface area contributed by atoms with Crippen molar-refractivity contribution in [1.29, 1.82) is 0 Å². The highest BCUT2D eigenvalue weighted by Gasteiger charge is 2.44. The first-order valence-electron chi connectivity index (χ1n) is 8.85. The van der Waals surface area contributed by atoms with E-state index in [0.717, 1.165) is 39.8 Å². The third kappa shape index (κ3) is 2.86. The topological polar surface area (TPSA) is 35.5 Å². The third-order valence-electron chi connectivity index (χ3n) is 5.53. The zero-order chi connectivity index (χ0) is 18.4. The number of carbonyl (C=O) groups excluding carboxylic acids is 1. The number of hydrogen-bond acceptors (Lipinski definition) is 3. The molecular formula is C22H21BrO3. The van der Waals surface area contributed by atoms with Crippen LogP contribution in [0, 0.1) is 19.8 Å². The summed E-state index contributed by atoms with van der Waals surface area (Å²) in [6, 6.07) is 10.2. The van der Waals surface area contributed by atoms with E-state index < -0.39 is 0 Å². The smallest absolute Gasteiger partial charge is 0.334 e. The van der Waals surface area contributed by atoms with Crippen molar-refractivity contribution in [1.82, 2.24) is 0 Å². The van der Waals surface area contributed by atoms with E-state index >= 15 is 0 Å². The van der Waals surface area contributed by atoms with Crippen LogP contribution in [0.1, 0.15) is 40.3 Å². The molecule has 134 valence electrons. The van der Waals surface area contributed by atoms with Gasteiger partial charge in [-0.15, -0.1) is 0 Å². The molecule has 0 spiro atoms. The molecule has 1 aliphatic heterocycles. The van der Waals surface area contributed by atoms with Crippen LogP contribution in [0.5, 0.6) is 5.75 Å². The Balaban J connectivity index is 1.67. The summed E-state index contributed by atoms with van der Waals surface area (Å²) in [6.07, 6.45) is 1.65. The van der Waals surface area contributed by atoms with Gasteiger partial charge in [-0.3, -0.25) is 0 Å². The number of fused-ring (bicyclic) bond motifs is 3. The molecule has 2 aromatic rings. The van der Waals surface area contributed by atoms with Crippen LogP contribution in [0.25, 0.3) is 0 Å². The van der Waals surface area contributed by atoms with E-state index in [9.17, 15) is 4.79 Å². The molecule has 0 unspecified atom stereocenters. The van der Waals surface area contributed by atoms with Crippen LogP contribution in [0.3, 0.4) is 0 Å². The predicted molar refractivity (Wildman–Crippen MR) is 104 cm³/mol. The van der Waals surface area contributed by atoms with Crippen LogP contribution < -0.4 is 4.74 Å². The van der Waals surface area contributed by atoms with Gasteiger partial charge in [0, 0.05) is 21.5 Å². The summed E-state index contributed by atoms with van der Waals surface area (Å²) in [5.41, 5.74) is 6.41. The lowest BCUT2D eigenvalue weighted by molar-refractivity contribution is -0.139. The Morgan fingerprint density at radius 3 is 2.73 bits per heavy atom. The van der Waals surface area contributed by atoms with Gasteiger partial charge in [0.25, 0.3) is 0 Å². The quantitative estimate of drug-likeness (QED) is 0.502. The van der Waals surface area contributed by atoms with Gasteiger partial charge in [0.15, 0.2) is 0 Å². The number of benzene rings is 2. The normalized spacial score (nSPS) is 21.2. The van der Waals surface area contributed by atoms with Gasteiger partial charge >= 0.3 is 5.97 Å². The lowest BCUT2D eigenvalue weighted by Gasteiger charge is -2.30. The number of aryl methyl sites for hydroxylation is 1. The van der Waals surface area contributed by atoms with Crippen LogP contribution in [0.4, 0.5) is 0 Å². The molecule has 1 saturated heterocycles. The fraction of sp³-hybridized carbons (Fsp3) is 0.318. The molecule has 2 atom stereocenters. The molecular weight excluding hydrogens is 392 g/mol. The van der Waals surface area contributed by atoms with Gasteiger partial charge in [-0.2, -0.15) is 0 Å². The highest BCUT2D eigenvalue weighted by Crippen LogP contribution is 2.49. The maximum Gasteiger partial charge on any atom is 0.334 e. The minimum atomic E-state index is -0.258. The summed E-state index contributed by atoms with van der Waals surface area (Å²) in [5.74, 6) is 0.694. The second-order valence-electron chi connectivity index (χ2n) is 7.12. The summed E-state index contributed by atoms with van der Waals surface area (Å²) in [6.45, 7) is 8.62. The van der Waals surface area contributed by atoms with Crippen molar-refractivity contribution >= 4 is 21.9 Å². The molecule has 2 aromatic carbocycles. The van der Waals surface area contributed by atoms with Crippen molar-refractivity contribution in [2.75, 3.05) is 0 Å². The van der Waals surface area contributed by atoms with Crippen molar-refractivity contribution in [3.63, 3.8) is 0 Å². The van der Waals surface area contributed by atoms with E-state index in [1.807, 2.05) is 24.3 Å². The average molecular weight is 413 g/mol. The van der Waals surface area contributed by atoms with E-state index in [2.05, 4.69) is 42.4 Å². The number of hydrogen-bond donors (Lipinski definition) is 0. The van der Waals surface area contributed by atoms with Crippen LogP contribution in [0.15, 0.2) is 47.0 Å². The Kier molecular flexibility index (Phi) is 4.39. The number of rotatable bonds is 3. The zero-order valence-electron chi connectivity index (χ0n) is 15.0. The third-order valence-corrected chi connectivity index (χ3v) is 6.06. The van der Waals surface area contributed by atoms with Gasteiger partial charge in [-0.25, -0.2) is 4.79 Å². The first kappa shape index (κ1) is 17.3. The summed E-state index contributed by atoms with van der Waals surface area (Å²) < 4.78 is 12.9. The Morgan fingerprint density at radius 1 is 1.27 bits per heavy atom. The standard InChI is InChI=1S/C22H21BrO3/c1-12-10-19(25-11-15-4-6-16(23)7-5-15)14(3)20-17(12)8-9-18-13(2)22(24)26-21(18)20/h4-7,10,18,21H,2,8-9,11H2,1,3H3/t18-,21+/m0/s1. The van der Waals surface area contributed by atoms with Crippen LogP contribution in [-0.4, -0.2) is 5.97 Å². The fourth-order valence-electron chi connectivity index (χ4n) is 4.06. The Bertz CT molecular complexity index is 899. The van der Waals surface area contributed by atoms with Crippen LogP contribution >= 0.6 is 15.9 Å². The first-order chi connectivity index (χ1) is 12.5. The Labute approximate surface area is 162 Å².